The van der Waals surface area contributed by atoms with E-state index >= 15 is 0 Å². The number of aliphatic hydroxyl groups is 1. The van der Waals surface area contributed by atoms with Crippen molar-refractivity contribution in [3.05, 3.63) is 29.8 Å². The Balaban J connectivity index is 1.98. The lowest BCUT2D eigenvalue weighted by Gasteiger charge is -2.26. The monoisotopic (exact) mass is 248 g/mol. The van der Waals surface area contributed by atoms with Crippen LogP contribution in [0.1, 0.15) is 32.3 Å². The molecule has 3 heteroatoms. The third kappa shape index (κ3) is 3.72. The van der Waals surface area contributed by atoms with E-state index in [9.17, 15) is 5.11 Å². The predicted molar refractivity (Wildman–Crippen MR) is 75.1 cm³/mol. The van der Waals surface area contributed by atoms with E-state index in [2.05, 4.69) is 24.8 Å². The first-order chi connectivity index (χ1) is 8.56. The van der Waals surface area contributed by atoms with E-state index in [1.807, 2.05) is 18.2 Å². The Morgan fingerprint density at radius 1 is 1.39 bits per heavy atom. The molecule has 1 aliphatic rings. The zero-order valence-corrected chi connectivity index (χ0v) is 11.3. The van der Waals surface area contributed by atoms with E-state index in [0.29, 0.717) is 12.0 Å². The Bertz CT molecular complexity index is 388. The van der Waals surface area contributed by atoms with Gasteiger partial charge < -0.3 is 10.8 Å². The predicted octanol–water partition coefficient (Wildman–Crippen LogP) is 2.25. The van der Waals surface area contributed by atoms with Crippen LogP contribution in [0.2, 0.25) is 0 Å². The number of hydrogen-bond donors (Lipinski definition) is 2. The quantitative estimate of drug-likeness (QED) is 0.759. The number of aliphatic hydroxyl groups excluding tert-OH is 1. The molecule has 0 aromatic heterocycles. The Kier molecular flexibility index (Phi) is 4.25. The fraction of sp³-hybridized carbons (Fsp3) is 0.600. The second-order valence-corrected chi connectivity index (χ2v) is 5.72. The number of nitrogens with zero attached hydrogens (tertiary/aromatic N) is 1. The first kappa shape index (κ1) is 13.4. The smallest absolute Gasteiger partial charge is 0.0690 e. The number of nitrogen functional groups attached to an aromatic ring is 1. The van der Waals surface area contributed by atoms with Gasteiger partial charge in [-0.15, -0.1) is 0 Å². The van der Waals surface area contributed by atoms with Crippen LogP contribution in [0.3, 0.4) is 0 Å². The van der Waals surface area contributed by atoms with Crippen LogP contribution in [0.4, 0.5) is 5.69 Å². The van der Waals surface area contributed by atoms with E-state index in [-0.39, 0.29) is 6.10 Å². The Morgan fingerprint density at radius 3 is 2.67 bits per heavy atom. The van der Waals surface area contributed by atoms with E-state index in [0.717, 1.165) is 18.8 Å². The molecule has 0 aliphatic heterocycles. The van der Waals surface area contributed by atoms with Crippen LogP contribution in [-0.4, -0.2) is 28.7 Å². The van der Waals surface area contributed by atoms with Gasteiger partial charge in [-0.05, 0) is 36.5 Å². The third-order valence-corrected chi connectivity index (χ3v) is 3.59. The molecule has 0 spiro atoms. The molecule has 1 aliphatic carbocycles. The maximum absolute atomic E-state index is 10.0. The van der Waals surface area contributed by atoms with Crippen molar-refractivity contribution in [2.45, 2.75) is 45.4 Å². The summed E-state index contributed by atoms with van der Waals surface area (Å²) in [5.74, 6) is 0.312. The largest absolute Gasteiger partial charge is 0.399 e. The lowest BCUT2D eigenvalue weighted by molar-refractivity contribution is 0.0697. The fourth-order valence-electron chi connectivity index (χ4n) is 2.16. The molecular formula is C15H24N2O. The van der Waals surface area contributed by atoms with Crippen molar-refractivity contribution in [1.82, 2.24) is 4.90 Å². The van der Waals surface area contributed by atoms with Gasteiger partial charge in [0.2, 0.25) is 0 Å². The van der Waals surface area contributed by atoms with Crippen molar-refractivity contribution < 1.29 is 5.11 Å². The summed E-state index contributed by atoms with van der Waals surface area (Å²) in [7, 11) is 0. The van der Waals surface area contributed by atoms with Gasteiger partial charge >= 0.3 is 0 Å². The molecule has 0 heterocycles. The second kappa shape index (κ2) is 5.72. The maximum atomic E-state index is 10.0. The van der Waals surface area contributed by atoms with Gasteiger partial charge in [0, 0.05) is 24.8 Å². The maximum Gasteiger partial charge on any atom is 0.0690 e. The molecule has 1 saturated carbocycles. The summed E-state index contributed by atoms with van der Waals surface area (Å²) < 4.78 is 0. The average molecular weight is 248 g/mol. The van der Waals surface area contributed by atoms with Gasteiger partial charge in [0.1, 0.15) is 0 Å². The number of nitrogens with two attached hydrogens (primary N) is 1. The fourth-order valence-corrected chi connectivity index (χ4v) is 2.16. The lowest BCUT2D eigenvalue weighted by atomic mass is 10.1. The molecule has 3 N–H and O–H groups in total. The molecule has 1 aromatic carbocycles. The molecule has 1 fully saturated rings. The summed E-state index contributed by atoms with van der Waals surface area (Å²) in [5, 5.41) is 10.0. The van der Waals surface area contributed by atoms with Gasteiger partial charge in [-0.3, -0.25) is 4.90 Å². The minimum atomic E-state index is -0.244. The molecule has 1 atom stereocenters. The first-order valence-corrected chi connectivity index (χ1v) is 6.83. The van der Waals surface area contributed by atoms with Crippen LogP contribution in [0.25, 0.3) is 0 Å². The number of anilines is 1. The first-order valence-electron chi connectivity index (χ1n) is 6.83. The molecule has 2 rings (SSSR count). The zero-order valence-electron chi connectivity index (χ0n) is 11.3. The summed E-state index contributed by atoms with van der Waals surface area (Å²) in [5.41, 5.74) is 7.85. The number of hydrogen-bond acceptors (Lipinski definition) is 3. The van der Waals surface area contributed by atoms with Gasteiger partial charge in [0.05, 0.1) is 6.10 Å². The standard InChI is InChI=1S/C15H24N2O/c1-11(2)15(18)10-17(14-6-7-14)9-12-4-3-5-13(16)8-12/h3-5,8,11,14-15,18H,6-7,9-10,16H2,1-2H3. The molecule has 1 unspecified atom stereocenters. The molecule has 0 radical (unpaired) electrons. The Morgan fingerprint density at radius 2 is 2.11 bits per heavy atom. The van der Waals surface area contributed by atoms with Crippen LogP contribution in [-0.2, 0) is 6.54 Å². The van der Waals surface area contributed by atoms with E-state index in [1.165, 1.54) is 18.4 Å². The van der Waals surface area contributed by atoms with E-state index in [1.54, 1.807) is 0 Å². The highest BCUT2D eigenvalue weighted by molar-refractivity contribution is 5.40. The van der Waals surface area contributed by atoms with Crippen molar-refractivity contribution in [1.29, 1.82) is 0 Å². The second-order valence-electron chi connectivity index (χ2n) is 5.72. The van der Waals surface area contributed by atoms with Crippen molar-refractivity contribution in [2.75, 3.05) is 12.3 Å². The minimum Gasteiger partial charge on any atom is -0.399 e. The van der Waals surface area contributed by atoms with Crippen molar-refractivity contribution in [3.63, 3.8) is 0 Å². The molecule has 3 nitrogen and oxygen atoms in total. The Hall–Kier alpha value is -1.06. The molecule has 0 saturated heterocycles. The average Bonchev–Trinajstić information content (AvgIpc) is 3.11. The summed E-state index contributed by atoms with van der Waals surface area (Å²) >= 11 is 0. The van der Waals surface area contributed by atoms with Crippen LogP contribution in [0.15, 0.2) is 24.3 Å². The van der Waals surface area contributed by atoms with Crippen molar-refractivity contribution >= 4 is 5.69 Å². The van der Waals surface area contributed by atoms with Gasteiger partial charge in [-0.25, -0.2) is 0 Å². The molecule has 0 amide bonds. The number of benzene rings is 1. The van der Waals surface area contributed by atoms with Crippen LogP contribution >= 0.6 is 0 Å². The normalized spacial score (nSPS) is 17.4. The van der Waals surface area contributed by atoms with Crippen molar-refractivity contribution in [3.8, 4) is 0 Å². The molecule has 18 heavy (non-hydrogen) atoms. The van der Waals surface area contributed by atoms with Crippen molar-refractivity contribution in [2.24, 2.45) is 5.92 Å². The van der Waals surface area contributed by atoms with Crippen LogP contribution in [0, 0.1) is 5.92 Å². The third-order valence-electron chi connectivity index (χ3n) is 3.59. The van der Waals surface area contributed by atoms with Gasteiger partial charge in [-0.1, -0.05) is 26.0 Å². The minimum absolute atomic E-state index is 0.244. The summed E-state index contributed by atoms with van der Waals surface area (Å²) in [6, 6.07) is 8.69. The molecule has 0 bridgehead atoms. The molecule has 1 aromatic rings. The summed E-state index contributed by atoms with van der Waals surface area (Å²) in [6.45, 7) is 5.78. The summed E-state index contributed by atoms with van der Waals surface area (Å²) in [4.78, 5) is 2.39. The van der Waals surface area contributed by atoms with Gasteiger partial charge in [-0.2, -0.15) is 0 Å². The molecular weight excluding hydrogens is 224 g/mol. The summed E-state index contributed by atoms with van der Waals surface area (Å²) in [6.07, 6.45) is 2.27. The van der Waals surface area contributed by atoms with Gasteiger partial charge in [0.25, 0.3) is 0 Å². The van der Waals surface area contributed by atoms with Gasteiger partial charge in [0.15, 0.2) is 0 Å². The molecule has 100 valence electrons. The van der Waals surface area contributed by atoms with Crippen LogP contribution in [0.5, 0.6) is 0 Å². The van der Waals surface area contributed by atoms with E-state index < -0.39 is 0 Å². The highest BCUT2D eigenvalue weighted by Gasteiger charge is 2.30. The van der Waals surface area contributed by atoms with E-state index in [4.69, 9.17) is 5.73 Å². The topological polar surface area (TPSA) is 49.5 Å². The SMILES string of the molecule is CC(C)C(O)CN(Cc1cccc(N)c1)C1CC1. The highest BCUT2D eigenvalue weighted by Crippen LogP contribution is 2.29. The Labute approximate surface area is 110 Å². The zero-order chi connectivity index (χ0) is 13.1. The lowest BCUT2D eigenvalue weighted by Crippen LogP contribution is -2.36. The number of rotatable bonds is 6. The van der Waals surface area contributed by atoms with Crippen LogP contribution < -0.4 is 5.73 Å². The highest BCUT2D eigenvalue weighted by atomic mass is 16.3.